The smallest absolute Gasteiger partial charge is 0.122 e. The molecule has 1 saturated heterocycles. The number of rotatable bonds is 4. The molecule has 20 heavy (non-hydrogen) atoms. The molecule has 0 amide bonds. The topological polar surface area (TPSA) is 39.7 Å². The van der Waals surface area contributed by atoms with Crippen LogP contribution in [-0.2, 0) is 11.2 Å². The van der Waals surface area contributed by atoms with Crippen molar-refractivity contribution in [3.05, 3.63) is 35.4 Å². The maximum atomic E-state index is 5.56. The summed E-state index contributed by atoms with van der Waals surface area (Å²) in [6.45, 7) is 1.59. The van der Waals surface area contributed by atoms with Crippen LogP contribution in [-0.4, -0.2) is 39.5 Å². The first-order chi connectivity index (χ1) is 9.76. The van der Waals surface area contributed by atoms with Gasteiger partial charge >= 0.3 is 0 Å². The van der Waals surface area contributed by atoms with Crippen molar-refractivity contribution >= 4 is 0 Å². The summed E-state index contributed by atoms with van der Waals surface area (Å²) in [7, 11) is 3.37. The molecule has 2 atom stereocenters. The van der Waals surface area contributed by atoms with Crippen LogP contribution in [0.25, 0.3) is 0 Å². The van der Waals surface area contributed by atoms with E-state index in [4.69, 9.17) is 14.2 Å². The van der Waals surface area contributed by atoms with Crippen molar-refractivity contribution in [2.24, 2.45) is 0 Å². The van der Waals surface area contributed by atoms with Crippen LogP contribution in [0.3, 0.4) is 0 Å². The zero-order valence-electron chi connectivity index (χ0n) is 12.0. The highest BCUT2D eigenvalue weighted by atomic mass is 16.5. The Kier molecular flexibility index (Phi) is 3.94. The average molecular weight is 275 g/mol. The summed E-state index contributed by atoms with van der Waals surface area (Å²) in [6, 6.07) is 6.89. The minimum absolute atomic E-state index is 0.366. The van der Waals surface area contributed by atoms with Crippen LogP contribution in [0, 0.1) is 0 Å². The number of hydrogen-bond acceptors (Lipinski definition) is 4. The predicted molar refractivity (Wildman–Crippen MR) is 77.5 cm³/mol. The molecule has 1 aromatic rings. The lowest BCUT2D eigenvalue weighted by atomic mass is 9.92. The molecule has 2 unspecified atom stereocenters. The van der Waals surface area contributed by atoms with E-state index in [0.717, 1.165) is 37.6 Å². The molecule has 4 heteroatoms. The van der Waals surface area contributed by atoms with Gasteiger partial charge in [0.2, 0.25) is 0 Å². The molecule has 0 aromatic heterocycles. The van der Waals surface area contributed by atoms with Gasteiger partial charge in [0.1, 0.15) is 11.5 Å². The van der Waals surface area contributed by atoms with Gasteiger partial charge in [-0.05, 0) is 30.5 Å². The number of benzene rings is 1. The molecule has 2 aliphatic heterocycles. The molecule has 2 bridgehead atoms. The number of ether oxygens (including phenoxy) is 3. The van der Waals surface area contributed by atoms with E-state index in [2.05, 4.69) is 23.5 Å². The molecule has 2 heterocycles. The Morgan fingerprint density at radius 1 is 1.15 bits per heavy atom. The van der Waals surface area contributed by atoms with Crippen LogP contribution in [0.15, 0.2) is 29.8 Å². The third-order valence-corrected chi connectivity index (χ3v) is 3.85. The average Bonchev–Trinajstić information content (AvgIpc) is 2.46. The van der Waals surface area contributed by atoms with E-state index < -0.39 is 0 Å². The summed E-state index contributed by atoms with van der Waals surface area (Å²) >= 11 is 0. The van der Waals surface area contributed by atoms with Crippen molar-refractivity contribution in [2.45, 2.75) is 24.9 Å². The van der Waals surface area contributed by atoms with E-state index in [-0.39, 0.29) is 0 Å². The molecule has 0 radical (unpaired) electrons. The van der Waals surface area contributed by atoms with Gasteiger partial charge in [0.15, 0.2) is 0 Å². The summed E-state index contributed by atoms with van der Waals surface area (Å²) in [4.78, 5) is 0. The van der Waals surface area contributed by atoms with Crippen molar-refractivity contribution in [2.75, 3.05) is 27.4 Å². The second-order valence-electron chi connectivity index (χ2n) is 5.43. The highest BCUT2D eigenvalue weighted by Crippen LogP contribution is 2.27. The number of morpholine rings is 1. The van der Waals surface area contributed by atoms with Crippen molar-refractivity contribution in [3.8, 4) is 11.5 Å². The SMILES string of the molecule is COc1cc(CC2=CC3COCC(C2)N3)cc(OC)c1. The first kappa shape index (κ1) is 13.5. The van der Waals surface area contributed by atoms with E-state index in [1.165, 1.54) is 11.1 Å². The molecule has 108 valence electrons. The highest BCUT2D eigenvalue weighted by Gasteiger charge is 2.25. The highest BCUT2D eigenvalue weighted by molar-refractivity contribution is 5.40. The van der Waals surface area contributed by atoms with Crippen LogP contribution >= 0.6 is 0 Å². The van der Waals surface area contributed by atoms with E-state index in [1.54, 1.807) is 14.2 Å². The van der Waals surface area contributed by atoms with E-state index in [9.17, 15) is 0 Å². The Hall–Kier alpha value is -1.52. The summed E-state index contributed by atoms with van der Waals surface area (Å²) in [5.41, 5.74) is 2.70. The first-order valence-corrected chi connectivity index (χ1v) is 7.02. The molecule has 0 saturated carbocycles. The van der Waals surface area contributed by atoms with E-state index in [0.29, 0.717) is 12.1 Å². The summed E-state index contributed by atoms with van der Waals surface area (Å²) in [6.07, 6.45) is 4.31. The Balaban J connectivity index is 1.78. The number of methoxy groups -OCH3 is 2. The second-order valence-corrected chi connectivity index (χ2v) is 5.43. The minimum atomic E-state index is 0.366. The van der Waals surface area contributed by atoms with Gasteiger partial charge in [0.25, 0.3) is 0 Å². The van der Waals surface area contributed by atoms with E-state index >= 15 is 0 Å². The Bertz CT molecular complexity index is 490. The van der Waals surface area contributed by atoms with Crippen molar-refractivity contribution in [3.63, 3.8) is 0 Å². The third kappa shape index (κ3) is 2.97. The molecular formula is C16H21NO3. The lowest BCUT2D eigenvalue weighted by Crippen LogP contribution is -2.50. The molecule has 0 aliphatic carbocycles. The Morgan fingerprint density at radius 3 is 2.55 bits per heavy atom. The molecule has 3 rings (SSSR count). The third-order valence-electron chi connectivity index (χ3n) is 3.85. The normalized spacial score (nSPS) is 25.0. The van der Waals surface area contributed by atoms with Crippen LogP contribution in [0.5, 0.6) is 11.5 Å². The fourth-order valence-corrected chi connectivity index (χ4v) is 2.98. The fourth-order valence-electron chi connectivity index (χ4n) is 2.98. The van der Waals surface area contributed by atoms with Crippen molar-refractivity contribution in [1.82, 2.24) is 5.32 Å². The lowest BCUT2D eigenvalue weighted by molar-refractivity contribution is 0.0528. The maximum absolute atomic E-state index is 5.56. The molecule has 1 fully saturated rings. The summed E-state index contributed by atoms with van der Waals surface area (Å²) in [5, 5.41) is 3.56. The molecule has 2 aliphatic rings. The molecule has 4 nitrogen and oxygen atoms in total. The van der Waals surface area contributed by atoms with Crippen LogP contribution in [0.4, 0.5) is 0 Å². The second kappa shape index (κ2) is 5.85. The van der Waals surface area contributed by atoms with E-state index in [1.807, 2.05) is 6.07 Å². The quantitative estimate of drug-likeness (QED) is 0.852. The maximum Gasteiger partial charge on any atom is 0.122 e. The zero-order chi connectivity index (χ0) is 13.9. The van der Waals surface area contributed by atoms with Gasteiger partial charge in [-0.1, -0.05) is 11.6 Å². The molecular weight excluding hydrogens is 254 g/mol. The van der Waals surface area contributed by atoms with Crippen molar-refractivity contribution < 1.29 is 14.2 Å². The van der Waals surface area contributed by atoms with Gasteiger partial charge in [-0.15, -0.1) is 0 Å². The van der Waals surface area contributed by atoms with Crippen molar-refractivity contribution in [1.29, 1.82) is 0 Å². The molecule has 1 N–H and O–H groups in total. The monoisotopic (exact) mass is 275 g/mol. The van der Waals surface area contributed by atoms with Gasteiger partial charge in [0, 0.05) is 18.2 Å². The zero-order valence-corrected chi connectivity index (χ0v) is 12.0. The minimum Gasteiger partial charge on any atom is -0.497 e. The predicted octanol–water partition coefficient (Wildman–Crippen LogP) is 1.93. The van der Waals surface area contributed by atoms with Gasteiger partial charge in [-0.25, -0.2) is 0 Å². The van der Waals surface area contributed by atoms with Crippen LogP contribution < -0.4 is 14.8 Å². The molecule has 0 spiro atoms. The lowest BCUT2D eigenvalue weighted by Gasteiger charge is -2.35. The number of fused-ring (bicyclic) bond motifs is 2. The standard InChI is InChI=1S/C16H21NO3/c1-18-15-6-12(7-16(8-15)19-2)3-11-4-13-9-20-10-14(5-11)17-13/h4,6-8,13-14,17H,3,5,9-10H2,1-2H3. The van der Waals surface area contributed by atoms with Gasteiger partial charge in [-0.2, -0.15) is 0 Å². The fraction of sp³-hybridized carbons (Fsp3) is 0.500. The number of nitrogens with one attached hydrogen (secondary N) is 1. The van der Waals surface area contributed by atoms with Gasteiger partial charge in [0.05, 0.1) is 27.4 Å². The largest absolute Gasteiger partial charge is 0.497 e. The first-order valence-electron chi connectivity index (χ1n) is 7.02. The summed E-state index contributed by atoms with van der Waals surface area (Å²) < 4.78 is 16.2. The van der Waals surface area contributed by atoms with Crippen LogP contribution in [0.1, 0.15) is 12.0 Å². The summed E-state index contributed by atoms with van der Waals surface area (Å²) in [5.74, 6) is 1.69. The van der Waals surface area contributed by atoms with Gasteiger partial charge < -0.3 is 19.5 Å². The van der Waals surface area contributed by atoms with Gasteiger partial charge in [-0.3, -0.25) is 0 Å². The molecule has 1 aromatic carbocycles. The van der Waals surface area contributed by atoms with Crippen LogP contribution in [0.2, 0.25) is 0 Å². The Morgan fingerprint density at radius 2 is 1.90 bits per heavy atom. The number of hydrogen-bond donors (Lipinski definition) is 1. The Labute approximate surface area is 119 Å².